The molecule has 3 aromatic carbocycles. The number of rotatable bonds is 9. The standard InChI is InChI=1S/C23H21N3O7S/c1-14-2-6-16(7-3-14)24-25-17-8-11-21(27)20(13-17)26-34(32,33)18-9-4-15(5-10-18)12-19(22(28)29)23(30)31/h2-11,13,19,26-27H,12H2,1H3,(H,28,29)(H,30,31). The van der Waals surface area contributed by atoms with E-state index >= 15 is 0 Å². The van der Waals surface area contributed by atoms with Crippen molar-refractivity contribution in [2.24, 2.45) is 16.1 Å². The molecular weight excluding hydrogens is 462 g/mol. The second-order valence-corrected chi connectivity index (χ2v) is 9.10. The first-order valence-electron chi connectivity index (χ1n) is 9.94. The van der Waals surface area contributed by atoms with Crippen LogP contribution in [0.25, 0.3) is 0 Å². The van der Waals surface area contributed by atoms with Crippen molar-refractivity contribution >= 4 is 39.0 Å². The van der Waals surface area contributed by atoms with E-state index in [1.165, 1.54) is 42.5 Å². The number of hydrogen-bond acceptors (Lipinski definition) is 7. The lowest BCUT2D eigenvalue weighted by molar-refractivity contribution is -0.154. The molecule has 0 fully saturated rings. The van der Waals surface area contributed by atoms with Gasteiger partial charge in [0.05, 0.1) is 22.0 Å². The number of benzene rings is 3. The Balaban J connectivity index is 1.77. The average Bonchev–Trinajstić information content (AvgIpc) is 2.78. The minimum atomic E-state index is -4.12. The molecule has 0 saturated carbocycles. The Bertz CT molecular complexity index is 1320. The highest BCUT2D eigenvalue weighted by atomic mass is 32.2. The molecule has 4 N–H and O–H groups in total. The summed E-state index contributed by atoms with van der Waals surface area (Å²) >= 11 is 0. The van der Waals surface area contributed by atoms with E-state index in [0.717, 1.165) is 5.56 Å². The molecule has 0 amide bonds. The van der Waals surface area contributed by atoms with Crippen LogP contribution in [0.4, 0.5) is 17.1 Å². The number of carboxylic acid groups (broad SMARTS) is 2. The molecule has 0 bridgehead atoms. The number of aliphatic carboxylic acids is 2. The third-order valence-electron chi connectivity index (χ3n) is 4.81. The summed E-state index contributed by atoms with van der Waals surface area (Å²) in [5.41, 5.74) is 2.21. The van der Waals surface area contributed by atoms with E-state index < -0.39 is 27.9 Å². The van der Waals surface area contributed by atoms with Crippen LogP contribution in [0, 0.1) is 12.8 Å². The molecule has 0 saturated heterocycles. The SMILES string of the molecule is Cc1ccc(N=Nc2ccc(O)c(NS(=O)(=O)c3ccc(CC(C(=O)O)C(=O)O)cc3)c2)cc1. The number of phenolic OH excluding ortho intramolecular Hbond substituents is 1. The van der Waals surface area contributed by atoms with Crippen LogP contribution in [0.2, 0.25) is 0 Å². The first-order valence-corrected chi connectivity index (χ1v) is 11.4. The van der Waals surface area contributed by atoms with Crippen molar-refractivity contribution in [3.8, 4) is 5.75 Å². The maximum Gasteiger partial charge on any atom is 0.318 e. The Kier molecular flexibility index (Phi) is 7.27. The smallest absolute Gasteiger partial charge is 0.318 e. The van der Waals surface area contributed by atoms with Crippen LogP contribution in [0.5, 0.6) is 5.75 Å². The van der Waals surface area contributed by atoms with Gasteiger partial charge in [0.25, 0.3) is 10.0 Å². The van der Waals surface area contributed by atoms with E-state index in [4.69, 9.17) is 10.2 Å². The third kappa shape index (κ3) is 6.17. The Morgan fingerprint density at radius 3 is 2.03 bits per heavy atom. The summed E-state index contributed by atoms with van der Waals surface area (Å²) in [5, 5.41) is 36.2. The number of anilines is 1. The van der Waals surface area contributed by atoms with Crippen molar-refractivity contribution in [2.45, 2.75) is 18.2 Å². The number of nitrogens with one attached hydrogen (secondary N) is 1. The van der Waals surface area contributed by atoms with Gasteiger partial charge in [0, 0.05) is 0 Å². The van der Waals surface area contributed by atoms with Crippen molar-refractivity contribution in [2.75, 3.05) is 4.72 Å². The number of sulfonamides is 1. The molecule has 3 rings (SSSR count). The van der Waals surface area contributed by atoms with E-state index in [9.17, 15) is 23.1 Å². The van der Waals surface area contributed by atoms with Crippen molar-refractivity contribution in [1.82, 2.24) is 0 Å². The van der Waals surface area contributed by atoms with Gasteiger partial charge in [-0.25, -0.2) is 8.42 Å². The molecule has 0 aliphatic carbocycles. The summed E-state index contributed by atoms with van der Waals surface area (Å²) in [5.74, 6) is -4.93. The second-order valence-electron chi connectivity index (χ2n) is 7.42. The fourth-order valence-corrected chi connectivity index (χ4v) is 3.98. The number of phenols is 1. The summed E-state index contributed by atoms with van der Waals surface area (Å²) in [4.78, 5) is 21.9. The second kappa shape index (κ2) is 10.1. The summed E-state index contributed by atoms with van der Waals surface area (Å²) in [6.45, 7) is 1.94. The Hall–Kier alpha value is -4.25. The molecule has 0 aliphatic rings. The van der Waals surface area contributed by atoms with Gasteiger partial charge >= 0.3 is 11.9 Å². The summed E-state index contributed by atoms with van der Waals surface area (Å²) < 4.78 is 27.8. The molecule has 176 valence electrons. The van der Waals surface area contributed by atoms with Crippen LogP contribution in [-0.2, 0) is 26.0 Å². The molecule has 11 heteroatoms. The fraction of sp³-hybridized carbons (Fsp3) is 0.130. The predicted molar refractivity (Wildman–Crippen MR) is 123 cm³/mol. The number of aryl methyl sites for hydroxylation is 1. The zero-order chi connectivity index (χ0) is 24.9. The number of carbonyl (C=O) groups is 2. The summed E-state index contributed by atoms with van der Waals surface area (Å²) in [7, 11) is -4.12. The Morgan fingerprint density at radius 1 is 0.882 bits per heavy atom. The fourth-order valence-electron chi connectivity index (χ4n) is 2.92. The molecule has 0 heterocycles. The van der Waals surface area contributed by atoms with Gasteiger partial charge in [-0.2, -0.15) is 10.2 Å². The van der Waals surface area contributed by atoms with Crippen LogP contribution in [0.15, 0.2) is 81.9 Å². The lowest BCUT2D eigenvalue weighted by Crippen LogP contribution is -2.25. The van der Waals surface area contributed by atoms with Gasteiger partial charge in [-0.15, -0.1) is 0 Å². The maximum absolute atomic E-state index is 12.8. The topological polar surface area (TPSA) is 166 Å². The third-order valence-corrected chi connectivity index (χ3v) is 6.19. The van der Waals surface area contributed by atoms with Crippen molar-refractivity contribution < 1.29 is 33.3 Å². The van der Waals surface area contributed by atoms with Gasteiger partial charge in [-0.1, -0.05) is 29.8 Å². The van der Waals surface area contributed by atoms with Gasteiger partial charge in [-0.05, 0) is 61.4 Å². The van der Waals surface area contributed by atoms with Gasteiger partial charge < -0.3 is 15.3 Å². The van der Waals surface area contributed by atoms with Gasteiger partial charge in [0.1, 0.15) is 5.75 Å². The van der Waals surface area contributed by atoms with E-state index in [1.807, 2.05) is 19.1 Å². The zero-order valence-electron chi connectivity index (χ0n) is 17.9. The van der Waals surface area contributed by atoms with Gasteiger partial charge in [-0.3, -0.25) is 14.3 Å². The minimum Gasteiger partial charge on any atom is -0.506 e. The highest BCUT2D eigenvalue weighted by molar-refractivity contribution is 7.92. The molecule has 10 nitrogen and oxygen atoms in total. The summed E-state index contributed by atoms with van der Waals surface area (Å²) in [6.07, 6.45) is -0.298. The Labute approximate surface area is 195 Å². The highest BCUT2D eigenvalue weighted by Crippen LogP contribution is 2.31. The molecule has 0 aromatic heterocycles. The average molecular weight is 484 g/mol. The number of aromatic hydroxyl groups is 1. The van der Waals surface area contributed by atoms with E-state index in [-0.39, 0.29) is 22.8 Å². The minimum absolute atomic E-state index is 0.110. The Morgan fingerprint density at radius 2 is 1.44 bits per heavy atom. The molecule has 0 aliphatic heterocycles. The first kappa shape index (κ1) is 24.4. The van der Waals surface area contributed by atoms with Crippen molar-refractivity contribution in [3.63, 3.8) is 0 Å². The molecule has 34 heavy (non-hydrogen) atoms. The van der Waals surface area contributed by atoms with E-state index in [1.54, 1.807) is 12.1 Å². The van der Waals surface area contributed by atoms with Crippen LogP contribution < -0.4 is 4.72 Å². The number of hydrogen-bond donors (Lipinski definition) is 4. The van der Waals surface area contributed by atoms with Gasteiger partial charge in [0.2, 0.25) is 0 Å². The lowest BCUT2D eigenvalue weighted by Gasteiger charge is -2.11. The molecular formula is C23H21N3O7S. The van der Waals surface area contributed by atoms with Crippen molar-refractivity contribution in [1.29, 1.82) is 0 Å². The quantitative estimate of drug-likeness (QED) is 0.201. The van der Waals surface area contributed by atoms with E-state index in [0.29, 0.717) is 16.9 Å². The van der Waals surface area contributed by atoms with E-state index in [2.05, 4.69) is 15.0 Å². The number of nitrogens with zero attached hydrogens (tertiary/aromatic N) is 2. The molecule has 0 unspecified atom stereocenters. The van der Waals surface area contributed by atoms with Crippen LogP contribution in [0.1, 0.15) is 11.1 Å². The number of azo groups is 1. The zero-order valence-corrected chi connectivity index (χ0v) is 18.7. The maximum atomic E-state index is 12.8. The van der Waals surface area contributed by atoms with Crippen LogP contribution in [-0.4, -0.2) is 35.7 Å². The lowest BCUT2D eigenvalue weighted by atomic mass is 10.00. The summed E-state index contributed by atoms with van der Waals surface area (Å²) in [6, 6.07) is 16.5. The first-order chi connectivity index (χ1) is 16.0. The van der Waals surface area contributed by atoms with Crippen LogP contribution >= 0.6 is 0 Å². The normalized spacial score (nSPS) is 11.6. The molecule has 0 atom stereocenters. The monoisotopic (exact) mass is 483 g/mol. The predicted octanol–water partition coefficient (Wildman–Crippen LogP) is 4.24. The van der Waals surface area contributed by atoms with Crippen molar-refractivity contribution in [3.05, 3.63) is 77.9 Å². The highest BCUT2D eigenvalue weighted by Gasteiger charge is 2.26. The van der Waals surface area contributed by atoms with Crippen LogP contribution in [0.3, 0.4) is 0 Å². The number of carboxylic acids is 2. The molecule has 0 radical (unpaired) electrons. The molecule has 3 aromatic rings. The van der Waals surface area contributed by atoms with Gasteiger partial charge in [0.15, 0.2) is 5.92 Å². The largest absolute Gasteiger partial charge is 0.506 e. The molecule has 0 spiro atoms.